The number of aryl methyl sites for hydroxylation is 1. The fraction of sp³-hybridized carbons (Fsp3) is 0.300. The van der Waals surface area contributed by atoms with E-state index in [2.05, 4.69) is 15.5 Å². The third-order valence-corrected chi connectivity index (χ3v) is 2.43. The molecule has 2 rings (SSSR count). The molecule has 0 spiro atoms. The van der Waals surface area contributed by atoms with Crippen molar-refractivity contribution in [2.45, 2.75) is 19.2 Å². The van der Waals surface area contributed by atoms with Gasteiger partial charge >= 0.3 is 0 Å². The minimum atomic E-state index is -0.305. The molecule has 4 nitrogen and oxygen atoms in total. The Morgan fingerprint density at radius 1 is 1.44 bits per heavy atom. The summed E-state index contributed by atoms with van der Waals surface area (Å²) in [7, 11) is 0. The van der Waals surface area contributed by atoms with Crippen LogP contribution in [0.1, 0.15) is 23.7 Å². The molecular formula is C10H10ClFN4. The van der Waals surface area contributed by atoms with Crippen molar-refractivity contribution < 1.29 is 4.39 Å². The van der Waals surface area contributed by atoms with Crippen LogP contribution in [0.5, 0.6) is 0 Å². The molecule has 0 fully saturated rings. The van der Waals surface area contributed by atoms with Gasteiger partial charge in [0.15, 0.2) is 5.82 Å². The molecule has 1 unspecified atom stereocenters. The number of alkyl halides is 1. The van der Waals surface area contributed by atoms with Gasteiger partial charge in [-0.1, -0.05) is 0 Å². The molecule has 2 aromatic rings. The first-order valence-corrected chi connectivity index (χ1v) is 5.22. The fourth-order valence-corrected chi connectivity index (χ4v) is 1.52. The van der Waals surface area contributed by atoms with E-state index in [1.54, 1.807) is 26.0 Å². The highest BCUT2D eigenvalue weighted by molar-refractivity contribution is 6.20. The van der Waals surface area contributed by atoms with Crippen LogP contribution in [0.3, 0.4) is 0 Å². The summed E-state index contributed by atoms with van der Waals surface area (Å²) in [6, 6.07) is 4.67. The lowest BCUT2D eigenvalue weighted by Gasteiger charge is -2.06. The molecule has 6 heteroatoms. The van der Waals surface area contributed by atoms with E-state index < -0.39 is 0 Å². The van der Waals surface area contributed by atoms with Crippen molar-refractivity contribution >= 4 is 11.6 Å². The smallest absolute Gasteiger partial charge is 0.174 e. The summed E-state index contributed by atoms with van der Waals surface area (Å²) in [5.74, 6) is 0.282. The molecule has 1 aromatic carbocycles. The van der Waals surface area contributed by atoms with Crippen molar-refractivity contribution in [3.63, 3.8) is 0 Å². The normalized spacial score (nSPS) is 12.8. The minimum absolute atomic E-state index is 0.253. The summed E-state index contributed by atoms with van der Waals surface area (Å²) in [6.07, 6.45) is 0. The van der Waals surface area contributed by atoms with Crippen LogP contribution in [0.2, 0.25) is 0 Å². The topological polar surface area (TPSA) is 43.6 Å². The average molecular weight is 241 g/mol. The van der Waals surface area contributed by atoms with Crippen molar-refractivity contribution in [3.05, 3.63) is 35.4 Å². The summed E-state index contributed by atoms with van der Waals surface area (Å²) >= 11 is 5.93. The Hall–Kier alpha value is -1.49. The first kappa shape index (κ1) is 11.0. The van der Waals surface area contributed by atoms with Gasteiger partial charge in [-0.25, -0.2) is 4.39 Å². The summed E-state index contributed by atoms with van der Waals surface area (Å²) in [5, 5.41) is 10.9. The fourth-order valence-electron chi connectivity index (χ4n) is 1.39. The predicted octanol–water partition coefficient (Wildman–Crippen LogP) is 2.41. The summed E-state index contributed by atoms with van der Waals surface area (Å²) in [5.41, 5.74) is 1.24. The number of hydrogen-bond donors (Lipinski definition) is 0. The third-order valence-electron chi connectivity index (χ3n) is 2.24. The Morgan fingerprint density at radius 3 is 2.81 bits per heavy atom. The Kier molecular flexibility index (Phi) is 2.87. The van der Waals surface area contributed by atoms with E-state index >= 15 is 0 Å². The van der Waals surface area contributed by atoms with E-state index in [0.29, 0.717) is 17.1 Å². The first-order chi connectivity index (χ1) is 7.59. The Balaban J connectivity index is 2.50. The van der Waals surface area contributed by atoms with Crippen LogP contribution in [0.4, 0.5) is 4.39 Å². The standard InChI is InChI=1S/C10H10ClFN4/c1-6-5-8(3-4-9(6)12)16-10(7(2)11)13-14-15-16/h3-5,7H,1-2H3. The quantitative estimate of drug-likeness (QED) is 0.757. The zero-order valence-corrected chi connectivity index (χ0v) is 9.61. The van der Waals surface area contributed by atoms with Gasteiger partial charge < -0.3 is 0 Å². The highest BCUT2D eigenvalue weighted by atomic mass is 35.5. The SMILES string of the molecule is Cc1cc(-n2nnnc2C(C)Cl)ccc1F. The van der Waals surface area contributed by atoms with Crippen molar-refractivity contribution in [1.82, 2.24) is 20.2 Å². The molecule has 1 heterocycles. The van der Waals surface area contributed by atoms with Crippen molar-refractivity contribution in [2.24, 2.45) is 0 Å². The van der Waals surface area contributed by atoms with E-state index in [1.807, 2.05) is 0 Å². The van der Waals surface area contributed by atoms with Gasteiger partial charge in [-0.15, -0.1) is 16.7 Å². The number of benzene rings is 1. The zero-order chi connectivity index (χ0) is 11.7. The molecule has 1 atom stereocenters. The zero-order valence-electron chi connectivity index (χ0n) is 8.85. The molecule has 0 bridgehead atoms. The number of hydrogen-bond acceptors (Lipinski definition) is 3. The molecule has 0 N–H and O–H groups in total. The summed E-state index contributed by atoms with van der Waals surface area (Å²) in [6.45, 7) is 3.47. The molecule has 0 aliphatic rings. The molecule has 0 aliphatic carbocycles. The monoisotopic (exact) mass is 240 g/mol. The average Bonchev–Trinajstić information content (AvgIpc) is 2.71. The van der Waals surface area contributed by atoms with Gasteiger partial charge in [0, 0.05) is 0 Å². The second-order valence-electron chi connectivity index (χ2n) is 3.50. The van der Waals surface area contributed by atoms with Gasteiger partial charge in [0.05, 0.1) is 11.1 Å². The lowest BCUT2D eigenvalue weighted by Crippen LogP contribution is -2.04. The van der Waals surface area contributed by atoms with Crippen LogP contribution < -0.4 is 0 Å². The van der Waals surface area contributed by atoms with Crippen LogP contribution in [0.25, 0.3) is 5.69 Å². The van der Waals surface area contributed by atoms with E-state index in [-0.39, 0.29) is 11.2 Å². The second kappa shape index (κ2) is 4.17. The van der Waals surface area contributed by atoms with Gasteiger partial charge in [0.2, 0.25) is 0 Å². The molecule has 0 radical (unpaired) electrons. The lowest BCUT2D eigenvalue weighted by molar-refractivity contribution is 0.617. The molecule has 0 saturated heterocycles. The van der Waals surface area contributed by atoms with E-state index in [0.717, 1.165) is 0 Å². The van der Waals surface area contributed by atoms with Crippen LogP contribution in [-0.2, 0) is 0 Å². The highest BCUT2D eigenvalue weighted by Gasteiger charge is 2.13. The molecule has 0 aliphatic heterocycles. The van der Waals surface area contributed by atoms with Crippen LogP contribution in [0.15, 0.2) is 18.2 Å². The Bertz CT molecular complexity index is 509. The molecule has 84 valence electrons. The van der Waals surface area contributed by atoms with Gasteiger partial charge in [0.25, 0.3) is 0 Å². The van der Waals surface area contributed by atoms with Gasteiger partial charge in [0.1, 0.15) is 5.82 Å². The van der Waals surface area contributed by atoms with Crippen molar-refractivity contribution in [2.75, 3.05) is 0 Å². The highest BCUT2D eigenvalue weighted by Crippen LogP contribution is 2.20. The maximum absolute atomic E-state index is 13.1. The van der Waals surface area contributed by atoms with Gasteiger partial charge in [-0.2, -0.15) is 4.68 Å². The Labute approximate surface area is 97.0 Å². The molecule has 0 saturated carbocycles. The maximum atomic E-state index is 13.1. The van der Waals surface area contributed by atoms with E-state index in [1.165, 1.54) is 10.7 Å². The first-order valence-electron chi connectivity index (χ1n) is 4.78. The van der Waals surface area contributed by atoms with Crippen molar-refractivity contribution in [3.8, 4) is 5.69 Å². The predicted molar refractivity (Wildman–Crippen MR) is 58.1 cm³/mol. The summed E-state index contributed by atoms with van der Waals surface area (Å²) in [4.78, 5) is 0. The number of tetrazole rings is 1. The number of halogens is 2. The molecule has 16 heavy (non-hydrogen) atoms. The van der Waals surface area contributed by atoms with Crippen LogP contribution in [0, 0.1) is 12.7 Å². The summed E-state index contributed by atoms with van der Waals surface area (Å²) < 4.78 is 14.6. The van der Waals surface area contributed by atoms with Crippen LogP contribution in [-0.4, -0.2) is 20.2 Å². The third kappa shape index (κ3) is 1.90. The van der Waals surface area contributed by atoms with E-state index in [4.69, 9.17) is 11.6 Å². The Morgan fingerprint density at radius 2 is 2.19 bits per heavy atom. The maximum Gasteiger partial charge on any atom is 0.174 e. The molecular weight excluding hydrogens is 231 g/mol. The molecule has 0 amide bonds. The molecule has 1 aromatic heterocycles. The number of rotatable bonds is 2. The van der Waals surface area contributed by atoms with Crippen LogP contribution >= 0.6 is 11.6 Å². The number of nitrogens with zero attached hydrogens (tertiary/aromatic N) is 4. The van der Waals surface area contributed by atoms with Gasteiger partial charge in [-0.3, -0.25) is 0 Å². The van der Waals surface area contributed by atoms with Crippen molar-refractivity contribution in [1.29, 1.82) is 0 Å². The second-order valence-corrected chi connectivity index (χ2v) is 4.15. The van der Waals surface area contributed by atoms with E-state index in [9.17, 15) is 4.39 Å². The largest absolute Gasteiger partial charge is 0.207 e. The number of aromatic nitrogens is 4. The minimum Gasteiger partial charge on any atom is -0.207 e. The lowest BCUT2D eigenvalue weighted by atomic mass is 10.2. The van der Waals surface area contributed by atoms with Gasteiger partial charge in [-0.05, 0) is 48.0 Å².